The predicted octanol–water partition coefficient (Wildman–Crippen LogP) is 4.72. The summed E-state index contributed by atoms with van der Waals surface area (Å²) in [7, 11) is 0. The number of amides is 1. The second kappa shape index (κ2) is 14.1. The average Bonchev–Trinajstić information content (AvgIpc) is 3.66. The van der Waals surface area contributed by atoms with Crippen LogP contribution in [-0.2, 0) is 22.6 Å². The number of benzene rings is 3. The highest BCUT2D eigenvalue weighted by atomic mass is 19.2. The van der Waals surface area contributed by atoms with E-state index in [9.17, 15) is 36.7 Å². The summed E-state index contributed by atoms with van der Waals surface area (Å²) in [5.74, 6) is -7.96. The number of anilines is 1. The van der Waals surface area contributed by atoms with E-state index in [2.05, 4.69) is 9.88 Å². The Balaban J connectivity index is 1.16. The van der Waals surface area contributed by atoms with Gasteiger partial charge in [-0.3, -0.25) is 19.2 Å². The molecular formula is C36H29F4N5O4. The molecule has 1 fully saturated rings. The summed E-state index contributed by atoms with van der Waals surface area (Å²) in [6.07, 6.45) is 5.19. The molecule has 1 saturated heterocycles. The quantitative estimate of drug-likeness (QED) is 0.0702. The lowest BCUT2D eigenvalue weighted by Crippen LogP contribution is -2.51. The molecule has 0 atom stereocenters. The maximum absolute atomic E-state index is 14.5. The van der Waals surface area contributed by atoms with Crippen molar-refractivity contribution in [2.24, 2.45) is 0 Å². The molecule has 0 aliphatic carbocycles. The van der Waals surface area contributed by atoms with Crippen molar-refractivity contribution in [3.63, 3.8) is 0 Å². The molecule has 0 saturated carbocycles. The molecule has 1 aliphatic rings. The molecule has 250 valence electrons. The van der Waals surface area contributed by atoms with Gasteiger partial charge in [-0.15, -0.1) is 0 Å². The van der Waals surface area contributed by atoms with E-state index in [-0.39, 0.29) is 42.7 Å². The van der Waals surface area contributed by atoms with Crippen molar-refractivity contribution < 1.29 is 31.9 Å². The van der Waals surface area contributed by atoms with Gasteiger partial charge in [0.2, 0.25) is 5.78 Å². The number of piperazine rings is 1. The van der Waals surface area contributed by atoms with E-state index in [0.717, 1.165) is 34.1 Å². The number of carbonyl (C=O) groups is 3. The highest BCUT2D eigenvalue weighted by molar-refractivity contribution is 6.40. The number of rotatable bonds is 10. The zero-order valence-electron chi connectivity index (χ0n) is 26.0. The zero-order chi connectivity index (χ0) is 34.7. The van der Waals surface area contributed by atoms with Crippen LogP contribution in [0.2, 0.25) is 0 Å². The van der Waals surface area contributed by atoms with Gasteiger partial charge in [0.25, 0.3) is 11.5 Å². The van der Waals surface area contributed by atoms with Gasteiger partial charge in [0.15, 0.2) is 23.2 Å². The molecule has 0 radical (unpaired) electrons. The summed E-state index contributed by atoms with van der Waals surface area (Å²) in [6.45, 7) is 1.03. The number of hydrogen-bond acceptors (Lipinski definition) is 6. The Labute approximate surface area is 277 Å². The molecule has 3 heterocycles. The van der Waals surface area contributed by atoms with Crippen molar-refractivity contribution in [2.75, 3.05) is 31.1 Å². The highest BCUT2D eigenvalue weighted by Crippen LogP contribution is 2.21. The van der Waals surface area contributed by atoms with E-state index < -0.39 is 58.3 Å². The minimum atomic E-state index is -1.68. The molecule has 49 heavy (non-hydrogen) atoms. The van der Waals surface area contributed by atoms with Crippen molar-refractivity contribution in [3.8, 4) is 5.69 Å². The Morgan fingerprint density at radius 2 is 1.49 bits per heavy atom. The number of hydrogen-bond donors (Lipinski definition) is 0. The molecular weight excluding hydrogens is 642 g/mol. The Bertz CT molecular complexity index is 2090. The molecule has 1 aliphatic heterocycles. The number of Topliss-reactive ketones (excluding diaryl/α,β-unsaturated/α-hetero) is 2. The first-order chi connectivity index (χ1) is 23.6. The summed E-state index contributed by atoms with van der Waals surface area (Å²) in [6, 6.07) is 16.3. The number of imidazole rings is 1. The minimum Gasteiger partial charge on any atom is -0.368 e. The molecule has 0 N–H and O–H groups in total. The lowest BCUT2D eigenvalue weighted by atomic mass is 10.0. The molecule has 13 heteroatoms. The minimum absolute atomic E-state index is 0.110. The first-order valence-corrected chi connectivity index (χ1v) is 15.4. The van der Waals surface area contributed by atoms with Crippen LogP contribution >= 0.6 is 0 Å². The van der Waals surface area contributed by atoms with Crippen LogP contribution in [0.5, 0.6) is 0 Å². The van der Waals surface area contributed by atoms with E-state index in [4.69, 9.17) is 0 Å². The van der Waals surface area contributed by atoms with Crippen LogP contribution in [0.15, 0.2) is 96.4 Å². The maximum Gasteiger partial charge on any atom is 0.290 e. The SMILES string of the molecule is O=C(CC(=O)c1cc(Cc2ccc(F)c(F)c2F)cn(Cc2ccccc2F)c1=O)C(=O)N1CCN(c2ccc(-n3ccnc3)cc2)CC1. The van der Waals surface area contributed by atoms with Crippen LogP contribution in [-0.4, -0.2) is 62.7 Å². The second-order valence-electron chi connectivity index (χ2n) is 11.6. The highest BCUT2D eigenvalue weighted by Gasteiger charge is 2.29. The smallest absolute Gasteiger partial charge is 0.290 e. The fourth-order valence-electron chi connectivity index (χ4n) is 5.75. The van der Waals surface area contributed by atoms with Crippen molar-refractivity contribution in [1.29, 1.82) is 0 Å². The molecule has 9 nitrogen and oxygen atoms in total. The van der Waals surface area contributed by atoms with Crippen molar-refractivity contribution in [3.05, 3.63) is 148 Å². The Hall–Kier alpha value is -5.85. The average molecular weight is 672 g/mol. The largest absolute Gasteiger partial charge is 0.368 e. The lowest BCUT2D eigenvalue weighted by Gasteiger charge is -2.35. The van der Waals surface area contributed by atoms with Gasteiger partial charge >= 0.3 is 0 Å². The molecule has 0 bridgehead atoms. The number of pyridine rings is 1. The summed E-state index contributed by atoms with van der Waals surface area (Å²) < 4.78 is 59.4. The first-order valence-electron chi connectivity index (χ1n) is 15.4. The van der Waals surface area contributed by atoms with Gasteiger partial charge in [-0.1, -0.05) is 24.3 Å². The lowest BCUT2D eigenvalue weighted by molar-refractivity contribution is -0.144. The third-order valence-corrected chi connectivity index (χ3v) is 8.40. The van der Waals surface area contributed by atoms with E-state index in [1.54, 1.807) is 18.6 Å². The molecule has 0 unspecified atom stereocenters. The van der Waals surface area contributed by atoms with Gasteiger partial charge in [0, 0.05) is 68.1 Å². The number of halogens is 4. The van der Waals surface area contributed by atoms with E-state index in [1.165, 1.54) is 29.3 Å². The third-order valence-electron chi connectivity index (χ3n) is 8.40. The first kappa shape index (κ1) is 33.1. The topological polar surface area (TPSA) is 97.5 Å². The van der Waals surface area contributed by atoms with Crippen LogP contribution in [0.1, 0.15) is 33.5 Å². The number of aromatic nitrogens is 3. The Morgan fingerprint density at radius 1 is 0.776 bits per heavy atom. The van der Waals surface area contributed by atoms with Crippen molar-refractivity contribution in [2.45, 2.75) is 19.4 Å². The van der Waals surface area contributed by atoms with Crippen molar-refractivity contribution in [1.82, 2.24) is 19.0 Å². The Morgan fingerprint density at radius 3 is 2.18 bits per heavy atom. The molecule has 5 aromatic rings. The van der Waals surface area contributed by atoms with Crippen LogP contribution in [0, 0.1) is 23.3 Å². The summed E-state index contributed by atoms with van der Waals surface area (Å²) in [4.78, 5) is 60.4. The maximum atomic E-state index is 14.5. The molecule has 1 amide bonds. The van der Waals surface area contributed by atoms with Gasteiger partial charge in [0.05, 0.1) is 24.9 Å². The summed E-state index contributed by atoms with van der Waals surface area (Å²) in [5.41, 5.74) is 0.514. The number of nitrogens with zero attached hydrogens (tertiary/aromatic N) is 5. The van der Waals surface area contributed by atoms with Crippen LogP contribution in [0.3, 0.4) is 0 Å². The van der Waals surface area contributed by atoms with Crippen LogP contribution < -0.4 is 10.5 Å². The molecule has 2 aromatic heterocycles. The van der Waals surface area contributed by atoms with Crippen molar-refractivity contribution >= 4 is 23.2 Å². The second-order valence-corrected chi connectivity index (χ2v) is 11.6. The standard InChI is InChI=1S/C36H29F4N5O4/c37-29-4-2-1-3-25(29)21-45-20-23(17-24-5-10-30(38)34(40)33(24)39)18-28(35(45)48)31(46)19-32(47)36(49)43-15-13-42(14-16-43)26-6-8-27(9-7-26)44-12-11-41-22-44/h1-12,18,20,22H,13-17,19,21H2. The van der Waals surface area contributed by atoms with Gasteiger partial charge in [-0.2, -0.15) is 0 Å². The van der Waals surface area contributed by atoms with E-state index >= 15 is 0 Å². The normalized spacial score (nSPS) is 13.1. The van der Waals surface area contributed by atoms with Gasteiger partial charge in [-0.05, 0) is 53.6 Å². The number of carbonyl (C=O) groups excluding carboxylic acids is 3. The summed E-state index contributed by atoms with van der Waals surface area (Å²) in [5, 5.41) is 0. The molecule has 3 aromatic carbocycles. The summed E-state index contributed by atoms with van der Waals surface area (Å²) >= 11 is 0. The zero-order valence-corrected chi connectivity index (χ0v) is 26.0. The van der Waals surface area contributed by atoms with E-state index in [1.807, 2.05) is 35.0 Å². The van der Waals surface area contributed by atoms with Gasteiger partial charge < -0.3 is 18.9 Å². The van der Waals surface area contributed by atoms with E-state index in [0.29, 0.717) is 13.1 Å². The predicted molar refractivity (Wildman–Crippen MR) is 172 cm³/mol. The van der Waals surface area contributed by atoms with Gasteiger partial charge in [0.1, 0.15) is 5.82 Å². The van der Waals surface area contributed by atoms with Crippen LogP contribution in [0.4, 0.5) is 23.2 Å². The number of ketones is 2. The van der Waals surface area contributed by atoms with Gasteiger partial charge in [-0.25, -0.2) is 22.5 Å². The van der Waals surface area contributed by atoms with Crippen LogP contribution in [0.25, 0.3) is 5.69 Å². The molecule has 0 spiro atoms. The molecule has 6 rings (SSSR count). The third kappa shape index (κ3) is 7.20. The Kier molecular flexibility index (Phi) is 9.51. The fraction of sp³-hybridized carbons (Fsp3) is 0.194. The fourth-order valence-corrected chi connectivity index (χ4v) is 5.75. The monoisotopic (exact) mass is 671 g/mol.